The Morgan fingerprint density at radius 2 is 1.71 bits per heavy atom. The normalized spacial score (nSPS) is 10.0. The molecule has 0 unspecified atom stereocenters. The van der Waals surface area contributed by atoms with E-state index in [4.69, 9.17) is 14.2 Å². The first-order chi connectivity index (χ1) is 10.2. The molecule has 0 amide bonds. The Hall–Kier alpha value is -2.63. The number of carbonyl (C=O) groups is 1. The largest absolute Gasteiger partial charge is 0.481 e. The molecule has 0 bridgehead atoms. The first-order valence-electron chi connectivity index (χ1n) is 6.45. The SMILES string of the molecule is CCC(=O)c1ccccc1Oc1nc(OC)cc(OC)n1. The third-order valence-corrected chi connectivity index (χ3v) is 2.79. The summed E-state index contributed by atoms with van der Waals surface area (Å²) in [6, 6.07) is 8.55. The van der Waals surface area contributed by atoms with Crippen molar-refractivity contribution in [2.45, 2.75) is 13.3 Å². The maximum Gasteiger partial charge on any atom is 0.328 e. The highest BCUT2D eigenvalue weighted by Crippen LogP contribution is 2.27. The van der Waals surface area contributed by atoms with E-state index in [-0.39, 0.29) is 11.8 Å². The van der Waals surface area contributed by atoms with Crippen LogP contribution in [0.1, 0.15) is 23.7 Å². The summed E-state index contributed by atoms with van der Waals surface area (Å²) in [4.78, 5) is 20.0. The molecule has 0 aliphatic carbocycles. The van der Waals surface area contributed by atoms with E-state index in [1.165, 1.54) is 20.3 Å². The molecule has 0 saturated heterocycles. The van der Waals surface area contributed by atoms with Crippen molar-refractivity contribution in [3.8, 4) is 23.5 Å². The van der Waals surface area contributed by atoms with Gasteiger partial charge < -0.3 is 14.2 Å². The van der Waals surface area contributed by atoms with Crippen molar-refractivity contribution in [1.29, 1.82) is 0 Å². The van der Waals surface area contributed by atoms with Gasteiger partial charge in [0, 0.05) is 6.42 Å². The number of Topliss-reactive ketones (excluding diaryl/α,β-unsaturated/α-hetero) is 1. The van der Waals surface area contributed by atoms with Crippen molar-refractivity contribution in [1.82, 2.24) is 9.97 Å². The van der Waals surface area contributed by atoms with E-state index >= 15 is 0 Å². The van der Waals surface area contributed by atoms with Gasteiger partial charge in [0.05, 0.1) is 25.8 Å². The first-order valence-corrected chi connectivity index (χ1v) is 6.45. The highest BCUT2D eigenvalue weighted by Gasteiger charge is 2.13. The molecule has 1 heterocycles. The fourth-order valence-electron chi connectivity index (χ4n) is 1.71. The highest BCUT2D eigenvalue weighted by atomic mass is 16.5. The fourth-order valence-corrected chi connectivity index (χ4v) is 1.71. The summed E-state index contributed by atoms with van der Waals surface area (Å²) in [5, 5.41) is 0. The summed E-state index contributed by atoms with van der Waals surface area (Å²) in [6.45, 7) is 1.80. The van der Waals surface area contributed by atoms with E-state index in [1.807, 2.05) is 0 Å². The van der Waals surface area contributed by atoms with E-state index in [0.717, 1.165) is 0 Å². The number of para-hydroxylation sites is 1. The van der Waals surface area contributed by atoms with Crippen LogP contribution in [0, 0.1) is 0 Å². The van der Waals surface area contributed by atoms with E-state index in [9.17, 15) is 4.79 Å². The van der Waals surface area contributed by atoms with Gasteiger partial charge in [-0.3, -0.25) is 4.79 Å². The van der Waals surface area contributed by atoms with Crippen LogP contribution in [0.2, 0.25) is 0 Å². The minimum atomic E-state index is -0.0135. The van der Waals surface area contributed by atoms with Crippen molar-refractivity contribution in [2.75, 3.05) is 14.2 Å². The van der Waals surface area contributed by atoms with Crippen LogP contribution in [-0.4, -0.2) is 30.0 Å². The molecule has 21 heavy (non-hydrogen) atoms. The predicted octanol–water partition coefficient (Wildman–Crippen LogP) is 2.88. The third-order valence-electron chi connectivity index (χ3n) is 2.79. The number of benzene rings is 1. The number of ether oxygens (including phenoxy) is 3. The van der Waals surface area contributed by atoms with Crippen molar-refractivity contribution < 1.29 is 19.0 Å². The fraction of sp³-hybridized carbons (Fsp3) is 0.267. The molecular weight excluding hydrogens is 272 g/mol. The molecule has 6 nitrogen and oxygen atoms in total. The molecule has 1 aromatic heterocycles. The molecule has 1 aromatic carbocycles. The number of rotatable bonds is 6. The summed E-state index contributed by atoms with van der Waals surface area (Å²) in [6.07, 6.45) is 0.392. The Morgan fingerprint density at radius 1 is 1.10 bits per heavy atom. The number of methoxy groups -OCH3 is 2. The Kier molecular flexibility index (Phi) is 4.71. The number of carbonyl (C=O) groups excluding carboxylic acids is 1. The summed E-state index contributed by atoms with van der Waals surface area (Å²) in [7, 11) is 2.97. The van der Waals surface area contributed by atoms with Gasteiger partial charge in [-0.05, 0) is 12.1 Å². The van der Waals surface area contributed by atoms with Gasteiger partial charge in [-0.2, -0.15) is 9.97 Å². The van der Waals surface area contributed by atoms with Gasteiger partial charge in [-0.25, -0.2) is 0 Å². The zero-order chi connectivity index (χ0) is 15.2. The van der Waals surface area contributed by atoms with Crippen molar-refractivity contribution in [3.05, 3.63) is 35.9 Å². The molecular formula is C15H16N2O4. The van der Waals surface area contributed by atoms with Gasteiger partial charge in [-0.1, -0.05) is 19.1 Å². The van der Waals surface area contributed by atoms with Gasteiger partial charge in [0.1, 0.15) is 5.75 Å². The molecule has 0 saturated carbocycles. The summed E-state index contributed by atoms with van der Waals surface area (Å²) < 4.78 is 15.7. The lowest BCUT2D eigenvalue weighted by atomic mass is 10.1. The van der Waals surface area contributed by atoms with Gasteiger partial charge in [0.15, 0.2) is 5.78 Å². The molecule has 2 aromatic rings. The second-order valence-corrected chi connectivity index (χ2v) is 4.11. The maximum atomic E-state index is 11.9. The lowest BCUT2D eigenvalue weighted by Gasteiger charge is -2.10. The van der Waals surface area contributed by atoms with E-state index < -0.39 is 0 Å². The van der Waals surface area contributed by atoms with Gasteiger partial charge in [-0.15, -0.1) is 0 Å². The predicted molar refractivity (Wildman–Crippen MR) is 76.3 cm³/mol. The Labute approximate surface area is 122 Å². The summed E-state index contributed by atoms with van der Waals surface area (Å²) in [5.41, 5.74) is 0.491. The molecule has 2 rings (SSSR count). The molecule has 0 N–H and O–H groups in total. The molecule has 0 aliphatic heterocycles. The Balaban J connectivity index is 2.36. The van der Waals surface area contributed by atoms with Crippen LogP contribution in [0.25, 0.3) is 0 Å². The highest BCUT2D eigenvalue weighted by molar-refractivity contribution is 5.98. The van der Waals surface area contributed by atoms with Crippen LogP contribution in [0.3, 0.4) is 0 Å². The van der Waals surface area contributed by atoms with Gasteiger partial charge >= 0.3 is 6.01 Å². The van der Waals surface area contributed by atoms with E-state index in [1.54, 1.807) is 31.2 Å². The third kappa shape index (κ3) is 3.47. The molecule has 0 aliphatic rings. The number of ketones is 1. The standard InChI is InChI=1S/C15H16N2O4/c1-4-11(18)10-7-5-6-8-12(10)21-15-16-13(19-2)9-14(17-15)20-3/h5-9H,4H2,1-3H3. The van der Waals surface area contributed by atoms with Crippen LogP contribution in [0.5, 0.6) is 23.5 Å². The number of hydrogen-bond acceptors (Lipinski definition) is 6. The van der Waals surface area contributed by atoms with Crippen LogP contribution < -0.4 is 14.2 Å². The number of aromatic nitrogens is 2. The van der Waals surface area contributed by atoms with Crippen LogP contribution in [0.4, 0.5) is 0 Å². The van der Waals surface area contributed by atoms with Crippen molar-refractivity contribution >= 4 is 5.78 Å². The lowest BCUT2D eigenvalue weighted by Crippen LogP contribution is -2.02. The second kappa shape index (κ2) is 6.69. The number of hydrogen-bond donors (Lipinski definition) is 0. The monoisotopic (exact) mass is 288 g/mol. The van der Waals surface area contributed by atoms with E-state index in [0.29, 0.717) is 29.5 Å². The topological polar surface area (TPSA) is 70.5 Å². The summed E-state index contributed by atoms with van der Waals surface area (Å²) in [5.74, 6) is 1.02. The molecule has 0 fully saturated rings. The zero-order valence-electron chi connectivity index (χ0n) is 12.1. The molecule has 0 radical (unpaired) electrons. The molecule has 0 spiro atoms. The maximum absolute atomic E-state index is 11.9. The Bertz CT molecular complexity index is 621. The quantitative estimate of drug-likeness (QED) is 0.761. The van der Waals surface area contributed by atoms with Crippen LogP contribution in [-0.2, 0) is 0 Å². The molecule has 110 valence electrons. The van der Waals surface area contributed by atoms with Crippen LogP contribution in [0.15, 0.2) is 30.3 Å². The minimum absolute atomic E-state index is 0.0135. The first kappa shape index (κ1) is 14.8. The minimum Gasteiger partial charge on any atom is -0.481 e. The summed E-state index contributed by atoms with van der Waals surface area (Å²) >= 11 is 0. The van der Waals surface area contributed by atoms with Gasteiger partial charge in [0.25, 0.3) is 0 Å². The van der Waals surface area contributed by atoms with Crippen molar-refractivity contribution in [2.24, 2.45) is 0 Å². The average Bonchev–Trinajstić information content (AvgIpc) is 2.54. The molecule has 0 atom stereocenters. The second-order valence-electron chi connectivity index (χ2n) is 4.11. The number of nitrogens with zero attached hydrogens (tertiary/aromatic N) is 2. The zero-order valence-corrected chi connectivity index (χ0v) is 12.1. The smallest absolute Gasteiger partial charge is 0.328 e. The lowest BCUT2D eigenvalue weighted by molar-refractivity contribution is 0.0986. The Morgan fingerprint density at radius 3 is 2.29 bits per heavy atom. The van der Waals surface area contributed by atoms with Gasteiger partial charge in [0.2, 0.25) is 11.8 Å². The van der Waals surface area contributed by atoms with Crippen LogP contribution >= 0.6 is 0 Å². The van der Waals surface area contributed by atoms with Crippen molar-refractivity contribution in [3.63, 3.8) is 0 Å². The van der Waals surface area contributed by atoms with E-state index in [2.05, 4.69) is 9.97 Å². The average molecular weight is 288 g/mol. The molecule has 6 heteroatoms.